The molecule has 0 saturated carbocycles. The van der Waals surface area contributed by atoms with Crippen LogP contribution in [0.25, 0.3) is 5.65 Å². The molecule has 0 saturated heterocycles. The molecule has 1 aromatic carbocycles. The van der Waals surface area contributed by atoms with Crippen LogP contribution in [0, 0.1) is 13.8 Å². The number of nitrogens with zero attached hydrogens (tertiary/aromatic N) is 5. The van der Waals surface area contributed by atoms with Gasteiger partial charge in [-0.15, -0.1) is 14.8 Å². The van der Waals surface area contributed by atoms with Crippen molar-refractivity contribution < 1.29 is 0 Å². The minimum atomic E-state index is 0.162. The number of tetrazole rings is 1. The fraction of sp³-hybridized carbons (Fsp3) is 0.286. The minimum Gasteiger partial charge on any atom is -0.362 e. The van der Waals surface area contributed by atoms with Crippen LogP contribution in [-0.4, -0.2) is 25.3 Å². The van der Waals surface area contributed by atoms with Gasteiger partial charge in [-0.05, 0) is 48.9 Å². The maximum atomic E-state index is 4.32. The van der Waals surface area contributed by atoms with Gasteiger partial charge in [0.05, 0.1) is 6.04 Å². The van der Waals surface area contributed by atoms with Crippen molar-refractivity contribution in [3.8, 4) is 0 Å². The van der Waals surface area contributed by atoms with E-state index in [1.54, 1.807) is 0 Å². The van der Waals surface area contributed by atoms with E-state index in [1.807, 2.05) is 12.1 Å². The summed E-state index contributed by atoms with van der Waals surface area (Å²) >= 11 is 0. The third-order valence-corrected chi connectivity index (χ3v) is 3.18. The second-order valence-corrected chi connectivity index (χ2v) is 5.03. The first kappa shape index (κ1) is 12.5. The Labute approximate surface area is 116 Å². The van der Waals surface area contributed by atoms with Crippen LogP contribution in [0.3, 0.4) is 0 Å². The number of aryl methyl sites for hydroxylation is 2. The summed E-state index contributed by atoms with van der Waals surface area (Å²) in [6, 6.07) is 10.4. The fourth-order valence-electron chi connectivity index (χ4n) is 2.29. The molecule has 0 aliphatic carbocycles. The van der Waals surface area contributed by atoms with E-state index >= 15 is 0 Å². The molecular formula is C14H16N6. The van der Waals surface area contributed by atoms with Gasteiger partial charge in [-0.25, -0.2) is 0 Å². The quantitative estimate of drug-likeness (QED) is 0.789. The van der Waals surface area contributed by atoms with Gasteiger partial charge in [0, 0.05) is 0 Å². The highest BCUT2D eigenvalue weighted by molar-refractivity contribution is 5.44. The lowest BCUT2D eigenvalue weighted by atomic mass is 10.0. The number of aromatic nitrogens is 5. The molecular weight excluding hydrogens is 252 g/mol. The lowest BCUT2D eigenvalue weighted by Gasteiger charge is -2.16. The van der Waals surface area contributed by atoms with Crippen LogP contribution >= 0.6 is 0 Å². The lowest BCUT2D eigenvalue weighted by Crippen LogP contribution is -2.10. The molecule has 0 fully saturated rings. The largest absolute Gasteiger partial charge is 0.362 e. The van der Waals surface area contributed by atoms with Crippen LogP contribution in [0.5, 0.6) is 0 Å². The van der Waals surface area contributed by atoms with Gasteiger partial charge in [0.15, 0.2) is 5.65 Å². The van der Waals surface area contributed by atoms with Crippen molar-refractivity contribution in [2.45, 2.75) is 26.8 Å². The molecule has 6 heteroatoms. The van der Waals surface area contributed by atoms with Crippen molar-refractivity contribution in [1.82, 2.24) is 25.3 Å². The Balaban J connectivity index is 1.85. The van der Waals surface area contributed by atoms with E-state index in [4.69, 9.17) is 0 Å². The van der Waals surface area contributed by atoms with E-state index in [-0.39, 0.29) is 6.04 Å². The van der Waals surface area contributed by atoms with Gasteiger partial charge in [-0.1, -0.05) is 29.3 Å². The SMILES string of the molecule is Cc1cc(C)cc(C(C)Nc2ccc3nnnn3n2)c1. The van der Waals surface area contributed by atoms with Crippen molar-refractivity contribution in [3.63, 3.8) is 0 Å². The van der Waals surface area contributed by atoms with Crippen molar-refractivity contribution >= 4 is 11.5 Å². The van der Waals surface area contributed by atoms with Crippen molar-refractivity contribution in [3.05, 3.63) is 47.0 Å². The molecule has 2 heterocycles. The van der Waals surface area contributed by atoms with Crippen molar-refractivity contribution in [2.75, 3.05) is 5.32 Å². The molecule has 1 N–H and O–H groups in total. The molecule has 102 valence electrons. The molecule has 0 radical (unpaired) electrons. The Hall–Kier alpha value is -2.50. The molecule has 3 rings (SSSR count). The van der Waals surface area contributed by atoms with E-state index in [1.165, 1.54) is 21.3 Å². The fourth-order valence-corrected chi connectivity index (χ4v) is 2.29. The Morgan fingerprint density at radius 2 is 1.85 bits per heavy atom. The molecule has 0 aliphatic rings. The topological polar surface area (TPSA) is 68.0 Å². The zero-order valence-electron chi connectivity index (χ0n) is 11.7. The first-order valence-corrected chi connectivity index (χ1v) is 6.52. The van der Waals surface area contributed by atoms with Gasteiger partial charge in [0.1, 0.15) is 5.82 Å². The predicted molar refractivity (Wildman–Crippen MR) is 76.5 cm³/mol. The highest BCUT2D eigenvalue weighted by Gasteiger charge is 2.08. The number of nitrogens with one attached hydrogen (secondary N) is 1. The number of hydrogen-bond acceptors (Lipinski definition) is 5. The summed E-state index contributed by atoms with van der Waals surface area (Å²) in [4.78, 5) is 0. The summed E-state index contributed by atoms with van der Waals surface area (Å²) in [6.45, 7) is 6.32. The molecule has 3 aromatic rings. The van der Waals surface area contributed by atoms with Crippen LogP contribution in [-0.2, 0) is 0 Å². The van der Waals surface area contributed by atoms with E-state index in [9.17, 15) is 0 Å². The molecule has 2 aromatic heterocycles. The summed E-state index contributed by atoms with van der Waals surface area (Å²) in [7, 11) is 0. The monoisotopic (exact) mass is 268 g/mol. The summed E-state index contributed by atoms with van der Waals surface area (Å²) in [6.07, 6.45) is 0. The van der Waals surface area contributed by atoms with Gasteiger partial charge in [0.2, 0.25) is 0 Å². The lowest BCUT2D eigenvalue weighted by molar-refractivity contribution is 0.728. The van der Waals surface area contributed by atoms with Crippen LogP contribution < -0.4 is 5.32 Å². The van der Waals surface area contributed by atoms with Gasteiger partial charge < -0.3 is 5.32 Å². The number of benzene rings is 1. The first-order valence-electron chi connectivity index (χ1n) is 6.52. The molecule has 20 heavy (non-hydrogen) atoms. The average molecular weight is 268 g/mol. The summed E-state index contributed by atoms with van der Waals surface area (Å²) in [5, 5.41) is 18.9. The molecule has 0 bridgehead atoms. The van der Waals surface area contributed by atoms with Crippen molar-refractivity contribution in [2.24, 2.45) is 0 Å². The molecule has 1 atom stereocenters. The Bertz CT molecular complexity index is 728. The standard InChI is InChI=1S/C14H16N6/c1-9-6-10(2)8-12(7-9)11(3)15-13-4-5-14-16-18-19-20(14)17-13/h4-8,11H,1-3H3,(H,15,17). The van der Waals surface area contributed by atoms with Gasteiger partial charge in [0.25, 0.3) is 0 Å². The van der Waals surface area contributed by atoms with E-state index in [0.29, 0.717) is 5.65 Å². The number of hydrogen-bond donors (Lipinski definition) is 1. The van der Waals surface area contributed by atoms with Gasteiger partial charge in [-0.3, -0.25) is 0 Å². The maximum absolute atomic E-state index is 4.32. The second-order valence-electron chi connectivity index (χ2n) is 5.03. The predicted octanol–water partition coefficient (Wildman–Crippen LogP) is 2.31. The molecule has 6 nitrogen and oxygen atoms in total. The minimum absolute atomic E-state index is 0.162. The first-order chi connectivity index (χ1) is 9.61. The number of anilines is 1. The number of fused-ring (bicyclic) bond motifs is 1. The highest BCUT2D eigenvalue weighted by atomic mass is 15.6. The number of rotatable bonds is 3. The van der Waals surface area contributed by atoms with Crippen LogP contribution in [0.4, 0.5) is 5.82 Å². The third-order valence-electron chi connectivity index (χ3n) is 3.18. The van der Waals surface area contributed by atoms with Crippen LogP contribution in [0.2, 0.25) is 0 Å². The summed E-state index contributed by atoms with van der Waals surface area (Å²) in [5.74, 6) is 0.747. The third kappa shape index (κ3) is 2.45. The van der Waals surface area contributed by atoms with Crippen molar-refractivity contribution in [1.29, 1.82) is 0 Å². The molecule has 0 spiro atoms. The van der Waals surface area contributed by atoms with Crippen LogP contribution in [0.1, 0.15) is 29.7 Å². The maximum Gasteiger partial charge on any atom is 0.200 e. The normalized spacial score (nSPS) is 12.6. The molecule has 0 amide bonds. The van der Waals surface area contributed by atoms with E-state index in [2.05, 4.69) is 64.9 Å². The summed E-state index contributed by atoms with van der Waals surface area (Å²) < 4.78 is 1.41. The van der Waals surface area contributed by atoms with Crippen LogP contribution in [0.15, 0.2) is 30.3 Å². The zero-order chi connectivity index (χ0) is 14.1. The summed E-state index contributed by atoms with van der Waals surface area (Å²) in [5.41, 5.74) is 4.39. The Kier molecular flexibility index (Phi) is 3.06. The smallest absolute Gasteiger partial charge is 0.200 e. The average Bonchev–Trinajstić information content (AvgIpc) is 2.85. The molecule has 0 aliphatic heterocycles. The second kappa shape index (κ2) is 4.88. The van der Waals surface area contributed by atoms with E-state index in [0.717, 1.165) is 5.82 Å². The van der Waals surface area contributed by atoms with E-state index < -0.39 is 0 Å². The molecule has 1 unspecified atom stereocenters. The highest BCUT2D eigenvalue weighted by Crippen LogP contribution is 2.20. The Morgan fingerprint density at radius 1 is 1.10 bits per heavy atom. The van der Waals surface area contributed by atoms with Gasteiger partial charge in [-0.2, -0.15) is 0 Å². The Morgan fingerprint density at radius 3 is 2.60 bits per heavy atom. The van der Waals surface area contributed by atoms with Gasteiger partial charge >= 0.3 is 0 Å². The zero-order valence-corrected chi connectivity index (χ0v) is 11.7.